The third-order valence-electron chi connectivity index (χ3n) is 5.56. The van der Waals surface area contributed by atoms with Gasteiger partial charge in [0.1, 0.15) is 0 Å². The van der Waals surface area contributed by atoms with Crippen LogP contribution in [-0.2, 0) is 27.4 Å². The van der Waals surface area contributed by atoms with Gasteiger partial charge in [0.25, 0.3) is 17.7 Å². The molecule has 1 fully saturated rings. The quantitative estimate of drug-likeness (QED) is 0.750. The number of carbonyl (C=O) groups is 3. The highest BCUT2D eigenvalue weighted by Crippen LogP contribution is 2.26. The van der Waals surface area contributed by atoms with Crippen LogP contribution in [0.5, 0.6) is 0 Å². The number of anilines is 1. The van der Waals surface area contributed by atoms with Crippen LogP contribution in [0.15, 0.2) is 48.5 Å². The van der Waals surface area contributed by atoms with Crippen molar-refractivity contribution in [3.05, 3.63) is 65.2 Å². The van der Waals surface area contributed by atoms with Crippen molar-refractivity contribution >= 4 is 23.4 Å². The average Bonchev–Trinajstić information content (AvgIpc) is 3.23. The van der Waals surface area contributed by atoms with Gasteiger partial charge in [-0.05, 0) is 36.2 Å². The summed E-state index contributed by atoms with van der Waals surface area (Å²) in [6.45, 7) is 3.61. The van der Waals surface area contributed by atoms with Gasteiger partial charge < -0.3 is 25.0 Å². The normalized spacial score (nSPS) is 19.2. The number of hydrogen-bond donors (Lipinski definition) is 2. The molecule has 0 aromatic heterocycles. The molecule has 31 heavy (non-hydrogen) atoms. The number of rotatable bonds is 5. The zero-order chi connectivity index (χ0) is 22.0. The molecule has 8 nitrogen and oxygen atoms in total. The molecule has 4 rings (SSSR count). The van der Waals surface area contributed by atoms with Gasteiger partial charge in [-0.3, -0.25) is 14.4 Å². The Balaban J connectivity index is 1.51. The van der Waals surface area contributed by atoms with Crippen molar-refractivity contribution in [3.63, 3.8) is 0 Å². The Labute approximate surface area is 180 Å². The van der Waals surface area contributed by atoms with E-state index < -0.39 is 24.0 Å². The van der Waals surface area contributed by atoms with E-state index in [0.717, 1.165) is 11.1 Å². The molecule has 2 aliphatic heterocycles. The molecule has 162 valence electrons. The van der Waals surface area contributed by atoms with E-state index in [9.17, 15) is 19.5 Å². The molecule has 2 aromatic rings. The number of carbonyl (C=O) groups excluding carboxylic acids is 3. The van der Waals surface area contributed by atoms with Crippen molar-refractivity contribution < 1.29 is 24.2 Å². The SMILES string of the molecule is CCNC(=O)[C@H](O)[C@H]1OCCN(c2cccc(C(=O)N3Cc4ccccc4C3)c2)C1=O. The number of aliphatic hydroxyl groups is 1. The van der Waals surface area contributed by atoms with E-state index in [2.05, 4.69) is 5.32 Å². The average molecular weight is 423 g/mol. The van der Waals surface area contributed by atoms with Gasteiger partial charge in [-0.15, -0.1) is 0 Å². The van der Waals surface area contributed by atoms with E-state index in [1.807, 2.05) is 24.3 Å². The topological polar surface area (TPSA) is 99.2 Å². The third kappa shape index (κ3) is 4.17. The summed E-state index contributed by atoms with van der Waals surface area (Å²) in [6.07, 6.45) is -2.88. The molecule has 0 saturated carbocycles. The Morgan fingerprint density at radius 1 is 1.16 bits per heavy atom. The molecule has 0 spiro atoms. The number of likely N-dealkylation sites (N-methyl/N-ethyl adjacent to an activating group) is 1. The number of fused-ring (bicyclic) bond motifs is 1. The number of nitrogens with one attached hydrogen (secondary N) is 1. The lowest BCUT2D eigenvalue weighted by atomic mass is 10.1. The first-order chi connectivity index (χ1) is 15.0. The molecular formula is C23H25N3O5. The van der Waals surface area contributed by atoms with Crippen LogP contribution in [0.1, 0.15) is 28.4 Å². The first-order valence-corrected chi connectivity index (χ1v) is 10.3. The highest BCUT2D eigenvalue weighted by atomic mass is 16.5. The molecule has 0 radical (unpaired) electrons. The monoisotopic (exact) mass is 423 g/mol. The Kier molecular flexibility index (Phi) is 6.01. The van der Waals surface area contributed by atoms with E-state index in [0.29, 0.717) is 30.9 Å². The van der Waals surface area contributed by atoms with Crippen LogP contribution in [0.3, 0.4) is 0 Å². The Hall–Kier alpha value is -3.23. The summed E-state index contributed by atoms with van der Waals surface area (Å²) >= 11 is 0. The minimum Gasteiger partial charge on any atom is -0.380 e. The summed E-state index contributed by atoms with van der Waals surface area (Å²) < 4.78 is 5.39. The third-order valence-corrected chi connectivity index (χ3v) is 5.56. The van der Waals surface area contributed by atoms with Crippen LogP contribution in [0.4, 0.5) is 5.69 Å². The predicted molar refractivity (Wildman–Crippen MR) is 113 cm³/mol. The minimum atomic E-state index is -1.59. The lowest BCUT2D eigenvalue weighted by Gasteiger charge is -2.34. The summed E-state index contributed by atoms with van der Waals surface area (Å²) in [5, 5.41) is 12.7. The van der Waals surface area contributed by atoms with Crippen LogP contribution < -0.4 is 10.2 Å². The van der Waals surface area contributed by atoms with Crippen LogP contribution in [0.2, 0.25) is 0 Å². The van der Waals surface area contributed by atoms with Crippen molar-refractivity contribution in [2.24, 2.45) is 0 Å². The van der Waals surface area contributed by atoms with Gasteiger partial charge >= 0.3 is 0 Å². The van der Waals surface area contributed by atoms with Crippen LogP contribution in [-0.4, -0.2) is 59.6 Å². The molecule has 0 unspecified atom stereocenters. The molecule has 2 N–H and O–H groups in total. The molecule has 0 bridgehead atoms. The fourth-order valence-electron chi connectivity index (χ4n) is 3.97. The zero-order valence-electron chi connectivity index (χ0n) is 17.3. The summed E-state index contributed by atoms with van der Waals surface area (Å²) in [7, 11) is 0. The maximum Gasteiger partial charge on any atom is 0.259 e. The van der Waals surface area contributed by atoms with Gasteiger partial charge in [-0.1, -0.05) is 30.3 Å². The first-order valence-electron chi connectivity index (χ1n) is 10.3. The number of aliphatic hydroxyl groups excluding tert-OH is 1. The molecule has 8 heteroatoms. The second-order valence-electron chi connectivity index (χ2n) is 7.60. The fourth-order valence-corrected chi connectivity index (χ4v) is 3.97. The van der Waals surface area contributed by atoms with Gasteiger partial charge in [0.2, 0.25) is 0 Å². The van der Waals surface area contributed by atoms with Gasteiger partial charge in [0, 0.05) is 37.4 Å². The highest BCUT2D eigenvalue weighted by molar-refractivity contribution is 6.02. The standard InChI is InChI=1S/C23H25N3O5/c1-2-24-21(28)19(27)20-23(30)26(10-11-31-20)18-9-5-8-15(12-18)22(29)25-13-16-6-3-4-7-17(16)14-25/h3-9,12,19-20,27H,2,10-11,13-14H2,1H3,(H,24,28)/t19-,20-/m1/s1. The smallest absolute Gasteiger partial charge is 0.259 e. The van der Waals surface area contributed by atoms with Crippen LogP contribution >= 0.6 is 0 Å². The summed E-state index contributed by atoms with van der Waals surface area (Å²) in [5.74, 6) is -1.28. The number of nitrogens with zero attached hydrogens (tertiary/aromatic N) is 2. The molecule has 3 amide bonds. The summed E-state index contributed by atoms with van der Waals surface area (Å²) in [4.78, 5) is 41.2. The number of ether oxygens (including phenoxy) is 1. The molecule has 0 aliphatic carbocycles. The van der Waals surface area contributed by atoms with Crippen molar-refractivity contribution in [2.75, 3.05) is 24.6 Å². The lowest BCUT2D eigenvalue weighted by molar-refractivity contribution is -0.152. The van der Waals surface area contributed by atoms with Crippen molar-refractivity contribution in [2.45, 2.75) is 32.2 Å². The van der Waals surface area contributed by atoms with Gasteiger partial charge in [-0.25, -0.2) is 0 Å². The van der Waals surface area contributed by atoms with Crippen LogP contribution in [0.25, 0.3) is 0 Å². The summed E-state index contributed by atoms with van der Waals surface area (Å²) in [5.41, 5.74) is 3.28. The Bertz CT molecular complexity index is 983. The number of benzene rings is 2. The Morgan fingerprint density at radius 2 is 1.87 bits per heavy atom. The number of hydrogen-bond acceptors (Lipinski definition) is 5. The number of amides is 3. The Morgan fingerprint density at radius 3 is 2.55 bits per heavy atom. The predicted octanol–water partition coefficient (Wildman–Crippen LogP) is 1.07. The van der Waals surface area contributed by atoms with E-state index in [1.54, 1.807) is 36.1 Å². The second kappa shape index (κ2) is 8.87. The maximum absolute atomic E-state index is 13.1. The van der Waals surface area contributed by atoms with Gasteiger partial charge in [0.15, 0.2) is 12.2 Å². The van der Waals surface area contributed by atoms with Crippen molar-refractivity contribution in [3.8, 4) is 0 Å². The van der Waals surface area contributed by atoms with Crippen molar-refractivity contribution in [1.29, 1.82) is 0 Å². The van der Waals surface area contributed by atoms with Crippen LogP contribution in [0, 0.1) is 0 Å². The molecule has 2 aliphatic rings. The van der Waals surface area contributed by atoms with Crippen molar-refractivity contribution in [1.82, 2.24) is 10.2 Å². The van der Waals surface area contributed by atoms with E-state index in [1.165, 1.54) is 4.90 Å². The summed E-state index contributed by atoms with van der Waals surface area (Å²) in [6, 6.07) is 14.8. The largest absolute Gasteiger partial charge is 0.380 e. The minimum absolute atomic E-state index is 0.113. The zero-order valence-corrected chi connectivity index (χ0v) is 17.3. The van der Waals surface area contributed by atoms with E-state index in [4.69, 9.17) is 4.74 Å². The molecule has 2 atom stereocenters. The molecule has 1 saturated heterocycles. The molecule has 2 aromatic carbocycles. The van der Waals surface area contributed by atoms with Gasteiger partial charge in [-0.2, -0.15) is 0 Å². The van der Waals surface area contributed by atoms with E-state index in [-0.39, 0.29) is 19.1 Å². The molecular weight excluding hydrogens is 398 g/mol. The second-order valence-corrected chi connectivity index (χ2v) is 7.60. The fraction of sp³-hybridized carbons (Fsp3) is 0.348. The highest BCUT2D eigenvalue weighted by Gasteiger charge is 2.39. The maximum atomic E-state index is 13.1. The first kappa shape index (κ1) is 21.0. The van der Waals surface area contributed by atoms with Gasteiger partial charge in [0.05, 0.1) is 6.61 Å². The van der Waals surface area contributed by atoms with E-state index >= 15 is 0 Å². The number of morpholine rings is 1. The lowest BCUT2D eigenvalue weighted by Crippen LogP contribution is -2.56. The molecule has 2 heterocycles.